The molecule has 0 spiro atoms. The zero-order valence-electron chi connectivity index (χ0n) is 8.95. The lowest BCUT2D eigenvalue weighted by Crippen LogP contribution is -2.28. The summed E-state index contributed by atoms with van der Waals surface area (Å²) in [4.78, 5) is 1.01. The second-order valence-electron chi connectivity index (χ2n) is 3.86. The van der Waals surface area contributed by atoms with E-state index in [9.17, 15) is 5.11 Å². The normalized spacial score (nSPS) is 22.0. The molecule has 4 nitrogen and oxygen atoms in total. The summed E-state index contributed by atoms with van der Waals surface area (Å²) < 4.78 is 10.9. The Hall–Kier alpha value is -0.910. The fourth-order valence-corrected chi connectivity index (χ4v) is 3.07. The van der Waals surface area contributed by atoms with Gasteiger partial charge in [0.2, 0.25) is 6.79 Å². The highest BCUT2D eigenvalue weighted by Gasteiger charge is 2.29. The first-order valence-electron chi connectivity index (χ1n) is 5.19. The molecule has 5 heteroatoms. The Kier molecular flexibility index (Phi) is 2.46. The van der Waals surface area contributed by atoms with Gasteiger partial charge in [-0.3, -0.25) is 0 Å². The predicted octanol–water partition coefficient (Wildman–Crippen LogP) is 1.27. The molecule has 0 aromatic heterocycles. The van der Waals surface area contributed by atoms with E-state index in [1.54, 1.807) is 11.8 Å². The van der Waals surface area contributed by atoms with Crippen LogP contribution in [0.4, 0.5) is 0 Å². The molecule has 16 heavy (non-hydrogen) atoms. The van der Waals surface area contributed by atoms with Crippen LogP contribution in [0.2, 0.25) is 0 Å². The Balaban J connectivity index is 2.22. The van der Waals surface area contributed by atoms with Gasteiger partial charge in [0.1, 0.15) is 0 Å². The smallest absolute Gasteiger partial charge is 0.231 e. The molecule has 0 saturated heterocycles. The molecule has 1 atom stereocenters. The summed E-state index contributed by atoms with van der Waals surface area (Å²) in [6.07, 6.45) is 1.53. The molecule has 0 aliphatic carbocycles. The number of hydrogen-bond donors (Lipinski definition) is 2. The minimum Gasteiger partial charge on any atom is -0.454 e. The van der Waals surface area contributed by atoms with Gasteiger partial charge in [0.05, 0.1) is 11.0 Å². The van der Waals surface area contributed by atoms with E-state index in [4.69, 9.17) is 9.47 Å². The van der Waals surface area contributed by atoms with E-state index < -0.39 is 6.10 Å². The summed E-state index contributed by atoms with van der Waals surface area (Å²) in [5.74, 6) is 1.58. The van der Waals surface area contributed by atoms with Gasteiger partial charge in [-0.05, 0) is 17.9 Å². The minimum absolute atomic E-state index is 0.273. The second-order valence-corrected chi connectivity index (χ2v) is 4.68. The lowest BCUT2D eigenvalue weighted by molar-refractivity contribution is 0.159. The van der Waals surface area contributed by atoms with Crippen LogP contribution in [0.25, 0.3) is 0 Å². The van der Waals surface area contributed by atoms with Crippen LogP contribution < -0.4 is 14.8 Å². The van der Waals surface area contributed by atoms with E-state index in [0.29, 0.717) is 6.54 Å². The lowest BCUT2D eigenvalue weighted by Gasteiger charge is -2.25. The molecule has 0 fully saturated rings. The standard InChI is InChI=1S/C11H13NO3S/c1-16-11-9-6(3-12-4-7(9)13)2-8-10(11)15-5-14-8/h2,7,12-13H,3-5H2,1H3. The zero-order chi connectivity index (χ0) is 11.1. The Bertz CT molecular complexity index is 436. The first-order chi connectivity index (χ1) is 7.81. The maximum Gasteiger partial charge on any atom is 0.231 e. The van der Waals surface area contributed by atoms with Gasteiger partial charge in [-0.15, -0.1) is 11.8 Å². The summed E-state index contributed by atoms with van der Waals surface area (Å²) in [6, 6.07) is 1.97. The molecule has 0 saturated carbocycles. The van der Waals surface area contributed by atoms with Crippen LogP contribution in [0.5, 0.6) is 11.5 Å². The first kappa shape index (κ1) is 10.3. The van der Waals surface area contributed by atoms with E-state index in [2.05, 4.69) is 5.32 Å². The fraction of sp³-hybridized carbons (Fsp3) is 0.455. The molecule has 3 rings (SSSR count). The van der Waals surface area contributed by atoms with Crippen molar-refractivity contribution >= 4 is 11.8 Å². The molecule has 1 aromatic rings. The molecular formula is C11H13NO3S. The Labute approximate surface area is 97.9 Å². The minimum atomic E-state index is -0.458. The van der Waals surface area contributed by atoms with Gasteiger partial charge in [-0.1, -0.05) is 0 Å². The number of rotatable bonds is 1. The van der Waals surface area contributed by atoms with Crippen LogP contribution in [0.1, 0.15) is 17.2 Å². The van der Waals surface area contributed by atoms with E-state index in [1.807, 2.05) is 12.3 Å². The highest BCUT2D eigenvalue weighted by atomic mass is 32.2. The van der Waals surface area contributed by atoms with E-state index in [0.717, 1.165) is 34.1 Å². The van der Waals surface area contributed by atoms with Crippen molar-refractivity contribution in [2.24, 2.45) is 0 Å². The van der Waals surface area contributed by atoms with Crippen LogP contribution in [0, 0.1) is 0 Å². The molecule has 1 unspecified atom stereocenters. The molecule has 1 aromatic carbocycles. The van der Waals surface area contributed by atoms with Gasteiger partial charge in [-0.25, -0.2) is 0 Å². The fourth-order valence-electron chi connectivity index (χ4n) is 2.24. The third-order valence-corrected chi connectivity index (χ3v) is 3.75. The maximum absolute atomic E-state index is 10.0. The van der Waals surface area contributed by atoms with Crippen LogP contribution >= 0.6 is 11.8 Å². The van der Waals surface area contributed by atoms with E-state index in [-0.39, 0.29) is 6.79 Å². The summed E-state index contributed by atoms with van der Waals surface area (Å²) >= 11 is 1.60. The number of benzene rings is 1. The Morgan fingerprint density at radius 1 is 1.50 bits per heavy atom. The Morgan fingerprint density at radius 2 is 2.38 bits per heavy atom. The average molecular weight is 239 g/mol. The van der Waals surface area contributed by atoms with Gasteiger partial charge >= 0.3 is 0 Å². The zero-order valence-corrected chi connectivity index (χ0v) is 9.76. The van der Waals surface area contributed by atoms with Crippen molar-refractivity contribution in [3.63, 3.8) is 0 Å². The van der Waals surface area contributed by atoms with E-state index >= 15 is 0 Å². The first-order valence-corrected chi connectivity index (χ1v) is 6.42. The number of thioether (sulfide) groups is 1. The van der Waals surface area contributed by atoms with Crippen molar-refractivity contribution < 1.29 is 14.6 Å². The van der Waals surface area contributed by atoms with Crippen molar-refractivity contribution in [2.45, 2.75) is 17.5 Å². The number of aliphatic hydroxyl groups excluding tert-OH is 1. The van der Waals surface area contributed by atoms with Gasteiger partial charge in [0.15, 0.2) is 11.5 Å². The number of nitrogens with one attached hydrogen (secondary N) is 1. The summed E-state index contributed by atoms with van der Waals surface area (Å²) in [7, 11) is 0. The quantitative estimate of drug-likeness (QED) is 0.723. The van der Waals surface area contributed by atoms with Gasteiger partial charge in [0.25, 0.3) is 0 Å². The third-order valence-electron chi connectivity index (χ3n) is 2.93. The largest absolute Gasteiger partial charge is 0.454 e. The topological polar surface area (TPSA) is 50.7 Å². The highest BCUT2D eigenvalue weighted by molar-refractivity contribution is 7.98. The summed E-state index contributed by atoms with van der Waals surface area (Å²) in [5, 5.41) is 13.2. The second kappa shape index (κ2) is 3.84. The Morgan fingerprint density at radius 3 is 3.19 bits per heavy atom. The number of β-amino-alcohol motifs (C(OH)–C–C–N with tert-alkyl or cyclic N) is 1. The lowest BCUT2D eigenvalue weighted by atomic mass is 9.98. The van der Waals surface area contributed by atoms with Gasteiger partial charge < -0.3 is 19.9 Å². The molecule has 2 aliphatic rings. The van der Waals surface area contributed by atoms with Crippen LogP contribution in [-0.2, 0) is 6.54 Å². The molecular weight excluding hydrogens is 226 g/mol. The molecule has 0 bridgehead atoms. The van der Waals surface area contributed by atoms with Crippen LogP contribution in [0.15, 0.2) is 11.0 Å². The van der Waals surface area contributed by atoms with Crippen LogP contribution in [0.3, 0.4) is 0 Å². The van der Waals surface area contributed by atoms with Gasteiger partial charge in [-0.2, -0.15) is 0 Å². The molecule has 0 radical (unpaired) electrons. The molecule has 2 N–H and O–H groups in total. The number of fused-ring (bicyclic) bond motifs is 2. The number of ether oxygens (including phenoxy) is 2. The maximum atomic E-state index is 10.0. The van der Waals surface area contributed by atoms with Crippen molar-refractivity contribution in [1.82, 2.24) is 5.32 Å². The predicted molar refractivity (Wildman–Crippen MR) is 61.0 cm³/mol. The highest BCUT2D eigenvalue weighted by Crippen LogP contribution is 2.46. The molecule has 2 heterocycles. The molecule has 2 aliphatic heterocycles. The monoisotopic (exact) mass is 239 g/mol. The van der Waals surface area contributed by atoms with Crippen molar-refractivity contribution in [3.8, 4) is 11.5 Å². The number of aliphatic hydroxyl groups is 1. The SMILES string of the molecule is CSc1c2c(cc3c1C(O)CNC3)OCO2. The van der Waals surface area contributed by atoms with Crippen molar-refractivity contribution in [1.29, 1.82) is 0 Å². The van der Waals surface area contributed by atoms with Gasteiger partial charge in [0, 0.05) is 18.7 Å². The van der Waals surface area contributed by atoms with E-state index in [1.165, 1.54) is 0 Å². The summed E-state index contributed by atoms with van der Waals surface area (Å²) in [6.45, 7) is 1.64. The van der Waals surface area contributed by atoms with Crippen molar-refractivity contribution in [2.75, 3.05) is 19.6 Å². The number of hydrogen-bond acceptors (Lipinski definition) is 5. The summed E-state index contributed by atoms with van der Waals surface area (Å²) in [5.41, 5.74) is 2.10. The molecule has 86 valence electrons. The third kappa shape index (κ3) is 1.39. The average Bonchev–Trinajstić information content (AvgIpc) is 2.74. The van der Waals surface area contributed by atoms with Crippen molar-refractivity contribution in [3.05, 3.63) is 17.2 Å². The molecule has 0 amide bonds. The van der Waals surface area contributed by atoms with Crippen LogP contribution in [-0.4, -0.2) is 24.7 Å².